The van der Waals surface area contributed by atoms with Gasteiger partial charge in [-0.3, -0.25) is 0 Å². The van der Waals surface area contributed by atoms with Crippen molar-refractivity contribution in [3.8, 4) is 5.75 Å². The predicted octanol–water partition coefficient (Wildman–Crippen LogP) is 3.07. The lowest BCUT2D eigenvalue weighted by atomic mass is 9.96. The van der Waals surface area contributed by atoms with Gasteiger partial charge in [0.2, 0.25) is 0 Å². The van der Waals surface area contributed by atoms with Crippen molar-refractivity contribution in [2.24, 2.45) is 5.92 Å². The largest absolute Gasteiger partial charge is 0.495 e. The first-order valence-electron chi connectivity index (χ1n) is 7.24. The van der Waals surface area contributed by atoms with E-state index >= 15 is 0 Å². The van der Waals surface area contributed by atoms with Crippen LogP contribution in [-0.4, -0.2) is 31.9 Å². The first-order chi connectivity index (χ1) is 9.22. The van der Waals surface area contributed by atoms with E-state index in [1.165, 1.54) is 12.8 Å². The van der Waals surface area contributed by atoms with Crippen LogP contribution in [-0.2, 0) is 0 Å². The number of ether oxygens (including phenoxy) is 1. The molecule has 1 N–H and O–H groups in total. The molecule has 19 heavy (non-hydrogen) atoms. The van der Waals surface area contributed by atoms with Gasteiger partial charge in [-0.1, -0.05) is 31.4 Å². The monoisotopic (exact) mass is 263 g/mol. The molecular formula is C16H25NO2. The molecule has 3 nitrogen and oxygen atoms in total. The SMILES string of the molecule is COc1ccccc1N(C)CC1CCCCCC1O. The molecule has 1 aromatic carbocycles. The summed E-state index contributed by atoms with van der Waals surface area (Å²) in [7, 11) is 3.78. The van der Waals surface area contributed by atoms with Crippen molar-refractivity contribution in [2.45, 2.75) is 38.2 Å². The highest BCUT2D eigenvalue weighted by molar-refractivity contribution is 5.57. The Kier molecular flexibility index (Phi) is 5.08. The zero-order valence-corrected chi connectivity index (χ0v) is 12.0. The van der Waals surface area contributed by atoms with Crippen LogP contribution in [0, 0.1) is 5.92 Å². The normalized spacial score (nSPS) is 23.7. The number of anilines is 1. The Morgan fingerprint density at radius 3 is 2.74 bits per heavy atom. The Hall–Kier alpha value is -1.22. The van der Waals surface area contributed by atoms with Gasteiger partial charge < -0.3 is 14.7 Å². The zero-order chi connectivity index (χ0) is 13.7. The molecule has 2 atom stereocenters. The number of para-hydroxylation sites is 2. The van der Waals surface area contributed by atoms with Crippen molar-refractivity contribution in [3.63, 3.8) is 0 Å². The van der Waals surface area contributed by atoms with Crippen LogP contribution in [0.4, 0.5) is 5.69 Å². The number of aliphatic hydroxyl groups excluding tert-OH is 1. The zero-order valence-electron chi connectivity index (χ0n) is 12.0. The smallest absolute Gasteiger partial charge is 0.142 e. The summed E-state index contributed by atoms with van der Waals surface area (Å²) < 4.78 is 5.40. The van der Waals surface area contributed by atoms with Crippen LogP contribution in [0.1, 0.15) is 32.1 Å². The third kappa shape index (κ3) is 3.63. The lowest BCUT2D eigenvalue weighted by molar-refractivity contribution is 0.104. The van der Waals surface area contributed by atoms with E-state index in [1.807, 2.05) is 18.2 Å². The van der Waals surface area contributed by atoms with E-state index in [2.05, 4.69) is 18.0 Å². The highest BCUT2D eigenvalue weighted by Gasteiger charge is 2.23. The standard InChI is InChI=1S/C16H25NO2/c1-17(14-9-6-7-11-16(14)19-2)12-13-8-4-3-5-10-15(13)18/h6-7,9,11,13,15,18H,3-5,8,10,12H2,1-2H3. The van der Waals surface area contributed by atoms with Gasteiger partial charge in [-0.05, 0) is 25.0 Å². The van der Waals surface area contributed by atoms with Gasteiger partial charge in [-0.15, -0.1) is 0 Å². The van der Waals surface area contributed by atoms with Gasteiger partial charge >= 0.3 is 0 Å². The summed E-state index contributed by atoms with van der Waals surface area (Å²) in [4.78, 5) is 2.21. The van der Waals surface area contributed by atoms with E-state index in [0.29, 0.717) is 5.92 Å². The van der Waals surface area contributed by atoms with Crippen molar-refractivity contribution in [3.05, 3.63) is 24.3 Å². The maximum atomic E-state index is 10.2. The second-order valence-corrected chi connectivity index (χ2v) is 5.52. The summed E-state index contributed by atoms with van der Waals surface area (Å²) in [6.45, 7) is 0.890. The van der Waals surface area contributed by atoms with Gasteiger partial charge in [0.05, 0.1) is 18.9 Å². The van der Waals surface area contributed by atoms with Gasteiger partial charge in [-0.2, -0.15) is 0 Å². The second kappa shape index (κ2) is 6.80. The Morgan fingerprint density at radius 2 is 1.95 bits per heavy atom. The number of nitrogens with zero attached hydrogens (tertiary/aromatic N) is 1. The molecule has 1 aromatic rings. The maximum Gasteiger partial charge on any atom is 0.142 e. The molecule has 3 heteroatoms. The minimum Gasteiger partial charge on any atom is -0.495 e. The van der Waals surface area contributed by atoms with Crippen LogP contribution in [0.2, 0.25) is 0 Å². The minimum absolute atomic E-state index is 0.153. The Labute approximate surface area is 116 Å². The molecule has 0 radical (unpaired) electrons. The molecule has 1 aliphatic carbocycles. The highest BCUT2D eigenvalue weighted by atomic mass is 16.5. The number of hydrogen-bond donors (Lipinski definition) is 1. The summed E-state index contributed by atoms with van der Waals surface area (Å²) in [6, 6.07) is 8.06. The molecule has 106 valence electrons. The Morgan fingerprint density at radius 1 is 1.21 bits per heavy atom. The topological polar surface area (TPSA) is 32.7 Å². The average Bonchev–Trinajstić information content (AvgIpc) is 2.64. The molecular weight excluding hydrogens is 238 g/mol. The molecule has 1 aliphatic rings. The van der Waals surface area contributed by atoms with E-state index in [0.717, 1.165) is 37.2 Å². The van der Waals surface area contributed by atoms with Crippen LogP contribution >= 0.6 is 0 Å². The van der Waals surface area contributed by atoms with Crippen molar-refractivity contribution in [2.75, 3.05) is 25.6 Å². The number of rotatable bonds is 4. The van der Waals surface area contributed by atoms with Crippen LogP contribution in [0.25, 0.3) is 0 Å². The maximum absolute atomic E-state index is 10.2. The van der Waals surface area contributed by atoms with E-state index in [1.54, 1.807) is 7.11 Å². The van der Waals surface area contributed by atoms with E-state index in [9.17, 15) is 5.11 Å². The molecule has 0 aromatic heterocycles. The van der Waals surface area contributed by atoms with Crippen molar-refractivity contribution in [1.29, 1.82) is 0 Å². The van der Waals surface area contributed by atoms with Gasteiger partial charge in [0.15, 0.2) is 0 Å². The van der Waals surface area contributed by atoms with Gasteiger partial charge in [-0.25, -0.2) is 0 Å². The molecule has 0 spiro atoms. The molecule has 0 bridgehead atoms. The van der Waals surface area contributed by atoms with Gasteiger partial charge in [0, 0.05) is 19.5 Å². The third-order valence-corrected chi connectivity index (χ3v) is 4.12. The van der Waals surface area contributed by atoms with Gasteiger partial charge in [0.25, 0.3) is 0 Å². The summed E-state index contributed by atoms with van der Waals surface area (Å²) in [5.41, 5.74) is 1.10. The molecule has 1 saturated carbocycles. The number of methoxy groups -OCH3 is 1. The van der Waals surface area contributed by atoms with Crippen molar-refractivity contribution < 1.29 is 9.84 Å². The minimum atomic E-state index is -0.153. The highest BCUT2D eigenvalue weighted by Crippen LogP contribution is 2.30. The average molecular weight is 263 g/mol. The molecule has 2 unspecified atom stereocenters. The fourth-order valence-electron chi connectivity index (χ4n) is 2.97. The first kappa shape index (κ1) is 14.2. The lowest BCUT2D eigenvalue weighted by Crippen LogP contribution is -2.32. The Balaban J connectivity index is 2.04. The van der Waals surface area contributed by atoms with E-state index < -0.39 is 0 Å². The number of benzene rings is 1. The van der Waals surface area contributed by atoms with Crippen molar-refractivity contribution >= 4 is 5.69 Å². The summed E-state index contributed by atoms with van der Waals surface area (Å²) >= 11 is 0. The molecule has 0 amide bonds. The van der Waals surface area contributed by atoms with E-state index in [4.69, 9.17) is 4.74 Å². The van der Waals surface area contributed by atoms with Crippen molar-refractivity contribution in [1.82, 2.24) is 0 Å². The first-order valence-corrected chi connectivity index (χ1v) is 7.24. The van der Waals surface area contributed by atoms with Crippen LogP contribution in [0.15, 0.2) is 24.3 Å². The summed E-state index contributed by atoms with van der Waals surface area (Å²) in [5, 5.41) is 10.2. The van der Waals surface area contributed by atoms with Gasteiger partial charge in [0.1, 0.15) is 5.75 Å². The summed E-state index contributed by atoms with van der Waals surface area (Å²) in [6.07, 6.45) is 5.58. The van der Waals surface area contributed by atoms with Crippen LogP contribution < -0.4 is 9.64 Å². The Bertz CT molecular complexity index is 394. The third-order valence-electron chi connectivity index (χ3n) is 4.12. The molecule has 2 rings (SSSR count). The summed E-state index contributed by atoms with van der Waals surface area (Å²) in [5.74, 6) is 1.27. The van der Waals surface area contributed by atoms with E-state index in [-0.39, 0.29) is 6.10 Å². The lowest BCUT2D eigenvalue weighted by Gasteiger charge is -2.28. The second-order valence-electron chi connectivity index (χ2n) is 5.52. The van der Waals surface area contributed by atoms with Crippen LogP contribution in [0.3, 0.4) is 0 Å². The molecule has 0 heterocycles. The predicted molar refractivity (Wildman–Crippen MR) is 78.8 cm³/mol. The van der Waals surface area contributed by atoms with Crippen LogP contribution in [0.5, 0.6) is 5.75 Å². The molecule has 0 aliphatic heterocycles. The molecule has 0 saturated heterocycles. The fraction of sp³-hybridized carbons (Fsp3) is 0.625. The fourth-order valence-corrected chi connectivity index (χ4v) is 2.97. The number of aliphatic hydroxyl groups is 1. The quantitative estimate of drug-likeness (QED) is 0.847. The number of hydrogen-bond acceptors (Lipinski definition) is 3. The molecule has 1 fully saturated rings.